The van der Waals surface area contributed by atoms with Crippen LogP contribution in [-0.4, -0.2) is 12.3 Å². The zero-order chi connectivity index (χ0) is 6.85. The van der Waals surface area contributed by atoms with E-state index >= 15 is 0 Å². The third kappa shape index (κ3) is 1.34. The van der Waals surface area contributed by atoms with Crippen LogP contribution in [0.25, 0.3) is 0 Å². The standard InChI is InChI=1S/C6H9O3/c1-4(2)5-3-8-6(7)9-5/h3-5H,1-2H3. The van der Waals surface area contributed by atoms with Crippen molar-refractivity contribution in [1.82, 2.24) is 0 Å². The van der Waals surface area contributed by atoms with Gasteiger partial charge in [0.1, 0.15) is 6.10 Å². The molecule has 1 unspecified atom stereocenters. The number of carbonyl (C=O) groups is 1. The summed E-state index contributed by atoms with van der Waals surface area (Å²) in [6.07, 6.45) is -0.744. The van der Waals surface area contributed by atoms with Gasteiger partial charge in [-0.25, -0.2) is 4.79 Å². The summed E-state index contributed by atoms with van der Waals surface area (Å²) in [6.45, 7) is 5.35. The maximum absolute atomic E-state index is 10.3. The number of carbonyl (C=O) groups excluding carboxylic acids is 1. The van der Waals surface area contributed by atoms with E-state index in [1.807, 2.05) is 13.8 Å². The van der Waals surface area contributed by atoms with E-state index in [1.54, 1.807) is 0 Å². The van der Waals surface area contributed by atoms with Crippen molar-refractivity contribution in [3.63, 3.8) is 0 Å². The first kappa shape index (κ1) is 6.39. The molecule has 0 bridgehead atoms. The summed E-state index contributed by atoms with van der Waals surface area (Å²) < 4.78 is 9.15. The molecule has 0 amide bonds. The molecule has 1 fully saturated rings. The van der Waals surface area contributed by atoms with Gasteiger partial charge in [-0.05, 0) is 5.92 Å². The Bertz CT molecular complexity index is 119. The molecule has 1 aliphatic rings. The van der Waals surface area contributed by atoms with Gasteiger partial charge < -0.3 is 9.47 Å². The van der Waals surface area contributed by atoms with Crippen LogP contribution in [0.3, 0.4) is 0 Å². The first-order chi connectivity index (χ1) is 4.20. The van der Waals surface area contributed by atoms with E-state index < -0.39 is 6.16 Å². The van der Waals surface area contributed by atoms with Gasteiger partial charge in [0.2, 0.25) is 0 Å². The van der Waals surface area contributed by atoms with Crippen molar-refractivity contribution < 1.29 is 14.3 Å². The Morgan fingerprint density at radius 2 is 2.33 bits per heavy atom. The molecule has 1 aliphatic heterocycles. The van der Waals surface area contributed by atoms with E-state index in [1.165, 1.54) is 6.61 Å². The molecular formula is C6H9O3. The fraction of sp³-hybridized carbons (Fsp3) is 0.667. The summed E-state index contributed by atoms with van der Waals surface area (Å²) in [5.74, 6) is 0.302. The first-order valence-corrected chi connectivity index (χ1v) is 2.91. The van der Waals surface area contributed by atoms with Crippen molar-refractivity contribution in [1.29, 1.82) is 0 Å². The highest BCUT2D eigenvalue weighted by Gasteiger charge is 2.28. The quantitative estimate of drug-likeness (QED) is 0.501. The monoisotopic (exact) mass is 129 g/mol. The summed E-state index contributed by atoms with van der Waals surface area (Å²) in [7, 11) is 0. The van der Waals surface area contributed by atoms with Crippen LogP contribution in [0.15, 0.2) is 0 Å². The van der Waals surface area contributed by atoms with Crippen LogP contribution in [0.4, 0.5) is 4.79 Å². The minimum Gasteiger partial charge on any atom is -0.427 e. The van der Waals surface area contributed by atoms with Gasteiger partial charge in [0, 0.05) is 0 Å². The third-order valence-corrected chi connectivity index (χ3v) is 1.19. The minimum atomic E-state index is -0.589. The van der Waals surface area contributed by atoms with Crippen molar-refractivity contribution in [3.8, 4) is 0 Å². The molecule has 0 aliphatic carbocycles. The van der Waals surface area contributed by atoms with Crippen molar-refractivity contribution >= 4 is 6.16 Å². The molecule has 0 N–H and O–H groups in total. The smallest absolute Gasteiger partial charge is 0.427 e. The van der Waals surface area contributed by atoms with Gasteiger partial charge in [-0.3, -0.25) is 0 Å². The van der Waals surface area contributed by atoms with E-state index in [9.17, 15) is 4.79 Å². The normalized spacial score (nSPS) is 26.1. The molecule has 51 valence electrons. The second-order valence-corrected chi connectivity index (χ2v) is 2.33. The number of hydrogen-bond acceptors (Lipinski definition) is 3. The molecule has 9 heavy (non-hydrogen) atoms. The van der Waals surface area contributed by atoms with E-state index in [0.717, 1.165) is 0 Å². The van der Waals surface area contributed by atoms with Gasteiger partial charge in [0.15, 0.2) is 6.61 Å². The lowest BCUT2D eigenvalue weighted by atomic mass is 10.1. The zero-order valence-electron chi connectivity index (χ0n) is 5.46. The largest absolute Gasteiger partial charge is 0.509 e. The summed E-state index contributed by atoms with van der Waals surface area (Å²) in [4.78, 5) is 10.3. The molecule has 0 aromatic carbocycles. The minimum absolute atomic E-state index is 0.155. The van der Waals surface area contributed by atoms with Crippen molar-refractivity contribution in [2.45, 2.75) is 20.0 Å². The van der Waals surface area contributed by atoms with Gasteiger partial charge >= 0.3 is 6.16 Å². The third-order valence-electron chi connectivity index (χ3n) is 1.19. The Morgan fingerprint density at radius 3 is 2.56 bits per heavy atom. The fourth-order valence-electron chi connectivity index (χ4n) is 0.583. The molecule has 1 atom stereocenters. The summed E-state index contributed by atoms with van der Waals surface area (Å²) in [5.41, 5.74) is 0. The molecular weight excluding hydrogens is 120 g/mol. The van der Waals surface area contributed by atoms with Gasteiger partial charge in [-0.2, -0.15) is 0 Å². The molecule has 3 heteroatoms. The SMILES string of the molecule is CC(C)C1[CH]OC(=O)O1. The highest BCUT2D eigenvalue weighted by molar-refractivity contribution is 5.62. The van der Waals surface area contributed by atoms with Gasteiger partial charge in [0.25, 0.3) is 0 Å². The van der Waals surface area contributed by atoms with Crippen LogP contribution < -0.4 is 0 Å². The van der Waals surface area contributed by atoms with E-state index in [0.29, 0.717) is 5.92 Å². The predicted octanol–water partition coefficient (Wildman–Crippen LogP) is 1.34. The maximum Gasteiger partial charge on any atom is 0.509 e. The summed E-state index contributed by atoms with van der Waals surface area (Å²) >= 11 is 0. The molecule has 1 rings (SSSR count). The summed E-state index contributed by atoms with van der Waals surface area (Å²) in [5, 5.41) is 0. The average molecular weight is 129 g/mol. The van der Waals surface area contributed by atoms with Crippen LogP contribution >= 0.6 is 0 Å². The van der Waals surface area contributed by atoms with E-state index in [4.69, 9.17) is 4.74 Å². The second-order valence-electron chi connectivity index (χ2n) is 2.33. The van der Waals surface area contributed by atoms with Crippen LogP contribution in [0, 0.1) is 12.5 Å². The Kier molecular flexibility index (Phi) is 1.60. The van der Waals surface area contributed by atoms with E-state index in [2.05, 4.69) is 4.74 Å². The lowest BCUT2D eigenvalue weighted by Gasteiger charge is -2.07. The second kappa shape index (κ2) is 2.25. The van der Waals surface area contributed by atoms with Crippen LogP contribution in [-0.2, 0) is 9.47 Å². The molecule has 0 aromatic rings. The number of ether oxygens (including phenoxy) is 2. The highest BCUT2D eigenvalue weighted by atomic mass is 16.8. The zero-order valence-corrected chi connectivity index (χ0v) is 5.46. The predicted molar refractivity (Wildman–Crippen MR) is 30.5 cm³/mol. The molecule has 0 aromatic heterocycles. The highest BCUT2D eigenvalue weighted by Crippen LogP contribution is 2.17. The molecule has 1 radical (unpaired) electrons. The molecule has 0 spiro atoms. The van der Waals surface area contributed by atoms with Gasteiger partial charge in [0.05, 0.1) is 0 Å². The number of cyclic esters (lactones) is 2. The topological polar surface area (TPSA) is 35.5 Å². The Labute approximate surface area is 53.9 Å². The van der Waals surface area contributed by atoms with Crippen molar-refractivity contribution in [2.75, 3.05) is 0 Å². The number of hydrogen-bond donors (Lipinski definition) is 0. The Hall–Kier alpha value is -0.730. The van der Waals surface area contributed by atoms with Gasteiger partial charge in [-0.15, -0.1) is 0 Å². The van der Waals surface area contributed by atoms with Crippen LogP contribution in [0.5, 0.6) is 0 Å². The first-order valence-electron chi connectivity index (χ1n) is 2.91. The molecule has 3 nitrogen and oxygen atoms in total. The molecule has 1 saturated heterocycles. The molecule has 1 heterocycles. The Morgan fingerprint density at radius 1 is 1.67 bits per heavy atom. The van der Waals surface area contributed by atoms with E-state index in [-0.39, 0.29) is 6.10 Å². The van der Waals surface area contributed by atoms with Crippen LogP contribution in [0.1, 0.15) is 13.8 Å². The lowest BCUT2D eigenvalue weighted by Crippen LogP contribution is -2.13. The van der Waals surface area contributed by atoms with Crippen LogP contribution in [0.2, 0.25) is 0 Å². The average Bonchev–Trinajstić information content (AvgIpc) is 2.14. The molecule has 0 saturated carbocycles. The number of rotatable bonds is 1. The van der Waals surface area contributed by atoms with Crippen molar-refractivity contribution in [3.05, 3.63) is 6.61 Å². The summed E-state index contributed by atoms with van der Waals surface area (Å²) in [6, 6.07) is 0. The van der Waals surface area contributed by atoms with Gasteiger partial charge in [-0.1, -0.05) is 13.8 Å². The lowest BCUT2D eigenvalue weighted by molar-refractivity contribution is 0.105. The Balaban J connectivity index is 2.39. The maximum atomic E-state index is 10.3. The fourth-order valence-corrected chi connectivity index (χ4v) is 0.583. The van der Waals surface area contributed by atoms with Crippen molar-refractivity contribution in [2.24, 2.45) is 5.92 Å².